The Bertz CT molecular complexity index is 1560. The summed E-state index contributed by atoms with van der Waals surface area (Å²) in [6.45, 7) is 5.85. The third kappa shape index (κ3) is 4.13. The second kappa shape index (κ2) is 9.79. The van der Waals surface area contributed by atoms with Gasteiger partial charge in [0.25, 0.3) is 11.5 Å². The van der Waals surface area contributed by atoms with Gasteiger partial charge in [0.1, 0.15) is 5.71 Å². The van der Waals surface area contributed by atoms with Gasteiger partial charge in [0.15, 0.2) is 5.69 Å². The van der Waals surface area contributed by atoms with Crippen LogP contribution in [0.2, 0.25) is 0 Å². The van der Waals surface area contributed by atoms with E-state index in [4.69, 9.17) is 4.99 Å². The van der Waals surface area contributed by atoms with Crippen molar-refractivity contribution < 1.29 is 4.79 Å². The zero-order chi connectivity index (χ0) is 26.2. The monoisotopic (exact) mass is 506 g/mol. The molecule has 8 heteroatoms. The summed E-state index contributed by atoms with van der Waals surface area (Å²) >= 11 is 0. The molecule has 0 spiro atoms. The number of carbonyl (C=O) groups is 1. The standard InChI is InChI=1S/C30H30N6O2/c1-22-27(30(38)36(32(22)2)24-13-7-4-8-14-24)31-28-25-15-9-10-16-26(25)35(29(28)37)21-33-17-19-34(20-18-33)23-11-5-3-6-12-23/h3-16H,17-21H2,1-2H3. The van der Waals surface area contributed by atoms with Crippen LogP contribution in [0.25, 0.3) is 5.69 Å². The first-order valence-electron chi connectivity index (χ1n) is 12.9. The van der Waals surface area contributed by atoms with Crippen molar-refractivity contribution in [3.8, 4) is 5.69 Å². The number of rotatable bonds is 5. The summed E-state index contributed by atoms with van der Waals surface area (Å²) in [5, 5.41) is 0. The summed E-state index contributed by atoms with van der Waals surface area (Å²) in [6, 6.07) is 27.6. The number of fused-ring (bicyclic) bond motifs is 1. The number of nitrogens with zero attached hydrogens (tertiary/aromatic N) is 6. The molecule has 3 aromatic carbocycles. The molecule has 3 heterocycles. The molecule has 8 nitrogen and oxygen atoms in total. The fraction of sp³-hybridized carbons (Fsp3) is 0.233. The van der Waals surface area contributed by atoms with Crippen LogP contribution in [-0.4, -0.2) is 58.7 Å². The van der Waals surface area contributed by atoms with Gasteiger partial charge in [0, 0.05) is 44.5 Å². The molecule has 1 aromatic heterocycles. The Labute approximate surface area is 221 Å². The molecule has 1 amide bonds. The van der Waals surface area contributed by atoms with Crippen LogP contribution in [0.4, 0.5) is 17.1 Å². The molecule has 0 bridgehead atoms. The number of piperazine rings is 1. The van der Waals surface area contributed by atoms with Crippen LogP contribution in [0, 0.1) is 6.92 Å². The van der Waals surface area contributed by atoms with Gasteiger partial charge in [-0.2, -0.15) is 0 Å². The maximum absolute atomic E-state index is 13.8. The number of aliphatic imine (C=N–C) groups is 1. The molecule has 0 atom stereocenters. The Balaban J connectivity index is 1.28. The van der Waals surface area contributed by atoms with Gasteiger partial charge < -0.3 is 4.90 Å². The van der Waals surface area contributed by atoms with Crippen LogP contribution in [-0.2, 0) is 11.8 Å². The van der Waals surface area contributed by atoms with Crippen LogP contribution >= 0.6 is 0 Å². The topological polar surface area (TPSA) is 66.1 Å². The Morgan fingerprint density at radius 1 is 0.763 bits per heavy atom. The summed E-state index contributed by atoms with van der Waals surface area (Å²) in [6.07, 6.45) is 0. The molecule has 38 heavy (non-hydrogen) atoms. The molecule has 4 aromatic rings. The molecule has 0 saturated carbocycles. The number of carbonyl (C=O) groups excluding carboxylic acids is 1. The van der Waals surface area contributed by atoms with Crippen LogP contribution in [0.5, 0.6) is 0 Å². The lowest BCUT2D eigenvalue weighted by atomic mass is 10.1. The van der Waals surface area contributed by atoms with Crippen LogP contribution in [0.15, 0.2) is 94.7 Å². The van der Waals surface area contributed by atoms with Crippen molar-refractivity contribution in [2.24, 2.45) is 12.0 Å². The van der Waals surface area contributed by atoms with Gasteiger partial charge in [-0.1, -0.05) is 54.6 Å². The van der Waals surface area contributed by atoms with E-state index in [1.165, 1.54) is 5.69 Å². The van der Waals surface area contributed by atoms with Gasteiger partial charge in [-0.15, -0.1) is 0 Å². The minimum absolute atomic E-state index is 0.175. The van der Waals surface area contributed by atoms with Gasteiger partial charge in [-0.25, -0.2) is 9.67 Å². The van der Waals surface area contributed by atoms with E-state index >= 15 is 0 Å². The second-order valence-corrected chi connectivity index (χ2v) is 9.70. The zero-order valence-corrected chi connectivity index (χ0v) is 21.6. The summed E-state index contributed by atoms with van der Waals surface area (Å²) < 4.78 is 3.37. The number of anilines is 2. The maximum atomic E-state index is 13.8. The molecule has 2 aliphatic heterocycles. The molecule has 0 aliphatic carbocycles. The molecule has 0 unspecified atom stereocenters. The van der Waals surface area contributed by atoms with Gasteiger partial charge >= 0.3 is 0 Å². The summed E-state index contributed by atoms with van der Waals surface area (Å²) in [4.78, 5) is 38.4. The fourth-order valence-electron chi connectivity index (χ4n) is 5.29. The second-order valence-electron chi connectivity index (χ2n) is 9.70. The maximum Gasteiger partial charge on any atom is 0.297 e. The van der Waals surface area contributed by atoms with E-state index in [0.717, 1.165) is 43.1 Å². The highest BCUT2D eigenvalue weighted by molar-refractivity contribution is 6.54. The Hall–Kier alpha value is -4.43. The van der Waals surface area contributed by atoms with E-state index in [-0.39, 0.29) is 17.2 Å². The van der Waals surface area contributed by atoms with Crippen molar-refractivity contribution in [3.63, 3.8) is 0 Å². The molecule has 0 N–H and O–H groups in total. The number of benzene rings is 3. The van der Waals surface area contributed by atoms with Crippen LogP contribution in [0.3, 0.4) is 0 Å². The molecule has 192 valence electrons. The minimum atomic E-state index is -0.246. The quantitative estimate of drug-likeness (QED) is 0.414. The number of hydrogen-bond donors (Lipinski definition) is 0. The summed E-state index contributed by atoms with van der Waals surface area (Å²) in [5.41, 5.74) is 4.62. The van der Waals surface area contributed by atoms with Crippen molar-refractivity contribution in [3.05, 3.63) is 107 Å². The molecule has 1 fully saturated rings. The highest BCUT2D eigenvalue weighted by Crippen LogP contribution is 2.31. The number of para-hydroxylation sites is 3. The fourth-order valence-corrected chi connectivity index (χ4v) is 5.29. The zero-order valence-electron chi connectivity index (χ0n) is 21.6. The van der Waals surface area contributed by atoms with Crippen molar-refractivity contribution in [2.75, 3.05) is 42.6 Å². The Kier molecular flexibility index (Phi) is 6.17. The predicted octanol–water partition coefficient (Wildman–Crippen LogP) is 3.73. The summed E-state index contributed by atoms with van der Waals surface area (Å²) in [7, 11) is 1.83. The van der Waals surface area contributed by atoms with E-state index in [1.807, 2.05) is 74.6 Å². The van der Waals surface area contributed by atoms with E-state index in [0.29, 0.717) is 18.1 Å². The third-order valence-corrected chi connectivity index (χ3v) is 7.48. The first-order chi connectivity index (χ1) is 18.5. The third-order valence-electron chi connectivity index (χ3n) is 7.48. The molecular weight excluding hydrogens is 476 g/mol. The lowest BCUT2D eigenvalue weighted by molar-refractivity contribution is -0.112. The Morgan fingerprint density at radius 3 is 2.05 bits per heavy atom. The smallest absolute Gasteiger partial charge is 0.297 e. The van der Waals surface area contributed by atoms with E-state index < -0.39 is 0 Å². The molecule has 6 rings (SSSR count). The van der Waals surface area contributed by atoms with Gasteiger partial charge in [0.05, 0.1) is 23.7 Å². The molecule has 1 saturated heterocycles. The number of amides is 1. The number of hydrogen-bond acceptors (Lipinski definition) is 5. The van der Waals surface area contributed by atoms with Gasteiger partial charge in [-0.05, 0) is 37.3 Å². The molecule has 0 radical (unpaired) electrons. The Morgan fingerprint density at radius 2 is 1.37 bits per heavy atom. The first-order valence-corrected chi connectivity index (χ1v) is 12.9. The van der Waals surface area contributed by atoms with Crippen molar-refractivity contribution in [1.29, 1.82) is 0 Å². The average Bonchev–Trinajstić information content (AvgIpc) is 3.34. The molecule has 2 aliphatic rings. The van der Waals surface area contributed by atoms with E-state index in [1.54, 1.807) is 14.3 Å². The predicted molar refractivity (Wildman–Crippen MR) is 151 cm³/mol. The van der Waals surface area contributed by atoms with E-state index in [9.17, 15) is 9.59 Å². The lowest BCUT2D eigenvalue weighted by Gasteiger charge is -2.37. The lowest BCUT2D eigenvalue weighted by Crippen LogP contribution is -2.51. The van der Waals surface area contributed by atoms with Crippen LogP contribution < -0.4 is 15.4 Å². The van der Waals surface area contributed by atoms with Crippen molar-refractivity contribution >= 4 is 28.7 Å². The average molecular weight is 507 g/mol. The summed E-state index contributed by atoms with van der Waals surface area (Å²) in [5.74, 6) is -0.175. The SMILES string of the molecule is Cc1c(N=C2C(=O)N(CN3CCN(c4ccccc4)CC3)c3ccccc32)c(=O)n(-c2ccccc2)n1C. The highest BCUT2D eigenvalue weighted by Gasteiger charge is 2.36. The minimum Gasteiger partial charge on any atom is -0.369 e. The largest absolute Gasteiger partial charge is 0.369 e. The van der Waals surface area contributed by atoms with Crippen molar-refractivity contribution in [1.82, 2.24) is 14.3 Å². The number of aromatic nitrogens is 2. The van der Waals surface area contributed by atoms with Crippen molar-refractivity contribution in [2.45, 2.75) is 6.92 Å². The normalized spacial score (nSPS) is 16.9. The highest BCUT2D eigenvalue weighted by atomic mass is 16.2. The van der Waals surface area contributed by atoms with E-state index in [2.05, 4.69) is 34.1 Å². The van der Waals surface area contributed by atoms with Gasteiger partial charge in [-0.3, -0.25) is 24.1 Å². The van der Waals surface area contributed by atoms with Crippen LogP contribution in [0.1, 0.15) is 11.3 Å². The van der Waals surface area contributed by atoms with Gasteiger partial charge in [0.2, 0.25) is 0 Å². The first kappa shape index (κ1) is 23.9. The molecular formula is C30H30N6O2.